The predicted octanol–water partition coefficient (Wildman–Crippen LogP) is 3.70. The van der Waals surface area contributed by atoms with Crippen LogP contribution in [0.25, 0.3) is 11.3 Å². The van der Waals surface area contributed by atoms with Crippen LogP contribution in [0.5, 0.6) is 0 Å². The molecule has 0 spiro atoms. The molecule has 148 valence electrons. The average Bonchev–Trinajstić information content (AvgIpc) is 3.36. The van der Waals surface area contributed by atoms with Crippen LogP contribution in [0, 0.1) is 12.8 Å². The fourth-order valence-electron chi connectivity index (χ4n) is 2.62. The van der Waals surface area contributed by atoms with Crippen molar-refractivity contribution < 1.29 is 9.15 Å². The molecule has 1 heterocycles. The smallest absolute Gasteiger partial charge is 0.214 e. The van der Waals surface area contributed by atoms with Crippen molar-refractivity contribution in [3.05, 3.63) is 41.9 Å². The number of nitrogens with zero attached hydrogens (tertiary/aromatic N) is 3. The molecule has 7 heteroatoms. The highest BCUT2D eigenvalue weighted by Crippen LogP contribution is 2.28. The monoisotopic (exact) mass is 484 g/mol. The van der Waals surface area contributed by atoms with Crippen molar-refractivity contribution in [3.8, 4) is 11.3 Å². The number of likely N-dealkylation sites (N-methyl/N-ethyl adjacent to an activating group) is 1. The summed E-state index contributed by atoms with van der Waals surface area (Å²) in [4.78, 5) is 10.7. The molecule has 27 heavy (non-hydrogen) atoms. The number of hydrogen-bond acceptors (Lipinski definition) is 4. The first-order chi connectivity index (χ1) is 12.7. The van der Waals surface area contributed by atoms with E-state index in [1.54, 1.807) is 13.2 Å². The molecule has 0 saturated heterocycles. The first-order valence-electron chi connectivity index (χ1n) is 9.17. The average molecular weight is 484 g/mol. The molecule has 0 radical (unpaired) electrons. The van der Waals surface area contributed by atoms with E-state index in [9.17, 15) is 0 Å². The van der Waals surface area contributed by atoms with Crippen LogP contribution in [-0.2, 0) is 11.3 Å². The van der Waals surface area contributed by atoms with E-state index in [1.165, 1.54) is 18.4 Å². The van der Waals surface area contributed by atoms with E-state index in [0.717, 1.165) is 36.4 Å². The van der Waals surface area contributed by atoms with Crippen LogP contribution in [0.3, 0.4) is 0 Å². The lowest BCUT2D eigenvalue weighted by Crippen LogP contribution is -2.40. The van der Waals surface area contributed by atoms with E-state index >= 15 is 0 Å². The second kappa shape index (κ2) is 10.7. The quantitative estimate of drug-likeness (QED) is 0.268. The number of aliphatic imine (C=N–C) groups is 1. The largest absolute Gasteiger partial charge is 0.439 e. The van der Waals surface area contributed by atoms with Crippen molar-refractivity contribution in [1.82, 2.24) is 15.2 Å². The Labute approximate surface area is 178 Å². The summed E-state index contributed by atoms with van der Waals surface area (Å²) in [6.07, 6.45) is 4.40. The van der Waals surface area contributed by atoms with Gasteiger partial charge < -0.3 is 19.4 Å². The first kappa shape index (κ1) is 21.7. The highest BCUT2D eigenvalue weighted by Gasteiger charge is 2.21. The fraction of sp³-hybridized carbons (Fsp3) is 0.500. The Bertz CT molecular complexity index is 726. The lowest BCUT2D eigenvalue weighted by molar-refractivity contribution is 0.115. The van der Waals surface area contributed by atoms with Crippen molar-refractivity contribution in [2.75, 3.05) is 33.9 Å². The molecular weight excluding hydrogens is 455 g/mol. The van der Waals surface area contributed by atoms with Gasteiger partial charge in [-0.2, -0.15) is 0 Å². The second-order valence-corrected chi connectivity index (χ2v) is 6.82. The maximum absolute atomic E-state index is 5.84. The normalized spacial score (nSPS) is 14.0. The summed E-state index contributed by atoms with van der Waals surface area (Å²) in [7, 11) is 3.78. The summed E-state index contributed by atoms with van der Waals surface area (Å²) in [5.74, 6) is 3.01. The third-order valence-corrected chi connectivity index (χ3v) is 4.48. The van der Waals surface area contributed by atoms with Gasteiger partial charge >= 0.3 is 0 Å². The van der Waals surface area contributed by atoms with Crippen LogP contribution in [0.2, 0.25) is 0 Å². The number of ether oxygens (including phenoxy) is 1. The van der Waals surface area contributed by atoms with Gasteiger partial charge in [0.1, 0.15) is 0 Å². The zero-order valence-electron chi connectivity index (χ0n) is 16.3. The van der Waals surface area contributed by atoms with Crippen molar-refractivity contribution >= 4 is 29.9 Å². The third-order valence-electron chi connectivity index (χ3n) is 4.48. The van der Waals surface area contributed by atoms with Crippen LogP contribution in [0.15, 0.2) is 39.9 Å². The summed E-state index contributed by atoms with van der Waals surface area (Å²) < 4.78 is 11.5. The molecule has 1 saturated carbocycles. The molecule has 1 aliphatic carbocycles. The van der Waals surface area contributed by atoms with Crippen LogP contribution in [0.4, 0.5) is 0 Å². The minimum atomic E-state index is 0. The molecule has 1 aliphatic rings. The molecular formula is C20H29IN4O2. The molecule has 0 unspecified atom stereocenters. The van der Waals surface area contributed by atoms with Crippen molar-refractivity contribution in [1.29, 1.82) is 0 Å². The van der Waals surface area contributed by atoms with Gasteiger partial charge in [0.05, 0.1) is 19.3 Å². The maximum atomic E-state index is 5.84. The molecule has 0 aliphatic heterocycles. The minimum absolute atomic E-state index is 0. The Balaban J connectivity index is 0.00000261. The highest BCUT2D eigenvalue weighted by atomic mass is 127. The van der Waals surface area contributed by atoms with Gasteiger partial charge in [0, 0.05) is 32.8 Å². The zero-order valence-corrected chi connectivity index (χ0v) is 18.6. The summed E-state index contributed by atoms with van der Waals surface area (Å²) in [6.45, 7) is 4.96. The van der Waals surface area contributed by atoms with E-state index in [4.69, 9.17) is 9.15 Å². The molecule has 3 rings (SSSR count). The van der Waals surface area contributed by atoms with E-state index in [-0.39, 0.29) is 24.0 Å². The van der Waals surface area contributed by atoms with E-state index in [1.807, 2.05) is 19.2 Å². The van der Waals surface area contributed by atoms with Gasteiger partial charge in [-0.15, -0.1) is 24.0 Å². The molecule has 1 fully saturated rings. The van der Waals surface area contributed by atoms with E-state index in [2.05, 4.69) is 39.2 Å². The lowest BCUT2D eigenvalue weighted by atomic mass is 10.1. The molecule has 1 aromatic carbocycles. The van der Waals surface area contributed by atoms with Gasteiger partial charge in [0.25, 0.3) is 0 Å². The molecule has 0 amide bonds. The van der Waals surface area contributed by atoms with Gasteiger partial charge in [-0.1, -0.05) is 29.8 Å². The number of aryl methyl sites for hydroxylation is 1. The van der Waals surface area contributed by atoms with Gasteiger partial charge in [-0.25, -0.2) is 4.98 Å². The maximum Gasteiger partial charge on any atom is 0.214 e. The van der Waals surface area contributed by atoms with Crippen LogP contribution in [-0.4, -0.2) is 49.7 Å². The number of hydrogen-bond donors (Lipinski definition) is 1. The Morgan fingerprint density at radius 3 is 2.74 bits per heavy atom. The van der Waals surface area contributed by atoms with Gasteiger partial charge in [-0.3, -0.25) is 4.99 Å². The first-order valence-corrected chi connectivity index (χ1v) is 9.17. The van der Waals surface area contributed by atoms with Crippen LogP contribution in [0.1, 0.15) is 24.3 Å². The number of nitrogens with one attached hydrogen (secondary N) is 1. The van der Waals surface area contributed by atoms with Crippen LogP contribution < -0.4 is 5.32 Å². The fourth-order valence-corrected chi connectivity index (χ4v) is 2.62. The zero-order chi connectivity index (χ0) is 18.4. The Kier molecular flexibility index (Phi) is 8.56. The Morgan fingerprint density at radius 1 is 1.33 bits per heavy atom. The second-order valence-electron chi connectivity index (χ2n) is 6.82. The molecule has 0 atom stereocenters. The number of aromatic nitrogens is 1. The summed E-state index contributed by atoms with van der Waals surface area (Å²) >= 11 is 0. The van der Waals surface area contributed by atoms with Gasteiger partial charge in [-0.05, 0) is 25.7 Å². The topological polar surface area (TPSA) is 62.9 Å². The third kappa shape index (κ3) is 6.80. The summed E-state index contributed by atoms with van der Waals surface area (Å²) in [5.41, 5.74) is 2.26. The Hall–Kier alpha value is -1.61. The predicted molar refractivity (Wildman–Crippen MR) is 118 cm³/mol. The van der Waals surface area contributed by atoms with Crippen molar-refractivity contribution in [3.63, 3.8) is 0 Å². The molecule has 0 bridgehead atoms. The standard InChI is InChI=1S/C20H28N4O2.HI/c1-15-4-8-17(9-5-15)18-12-22-19(26-18)13-23-20(21-2)24(3)10-11-25-14-16-6-7-16;/h4-5,8-9,12,16H,6-7,10-11,13-14H2,1-3H3,(H,21,23);1H. The summed E-state index contributed by atoms with van der Waals surface area (Å²) in [5, 5.41) is 3.29. The molecule has 1 aromatic heterocycles. The van der Waals surface area contributed by atoms with Gasteiger partial charge in [0.2, 0.25) is 5.89 Å². The molecule has 6 nitrogen and oxygen atoms in total. The Morgan fingerprint density at radius 2 is 2.07 bits per heavy atom. The van der Waals surface area contributed by atoms with Crippen LogP contribution >= 0.6 is 24.0 Å². The number of guanidine groups is 1. The summed E-state index contributed by atoms with van der Waals surface area (Å²) in [6, 6.07) is 8.22. The minimum Gasteiger partial charge on any atom is -0.439 e. The van der Waals surface area contributed by atoms with Crippen molar-refractivity contribution in [2.45, 2.75) is 26.3 Å². The van der Waals surface area contributed by atoms with Gasteiger partial charge in [0.15, 0.2) is 11.7 Å². The lowest BCUT2D eigenvalue weighted by Gasteiger charge is -2.21. The number of halogens is 1. The molecule has 1 N–H and O–H groups in total. The number of benzene rings is 1. The highest BCUT2D eigenvalue weighted by molar-refractivity contribution is 14.0. The van der Waals surface area contributed by atoms with Crippen molar-refractivity contribution in [2.24, 2.45) is 10.9 Å². The SMILES string of the molecule is CN=C(NCc1ncc(-c2ccc(C)cc2)o1)N(C)CCOCC1CC1.I. The number of rotatable bonds is 8. The number of oxazole rings is 1. The van der Waals surface area contributed by atoms with E-state index in [0.29, 0.717) is 19.0 Å². The van der Waals surface area contributed by atoms with E-state index < -0.39 is 0 Å². The molecule has 2 aromatic rings.